The Kier molecular flexibility index (Phi) is 3.61. The highest BCUT2D eigenvalue weighted by molar-refractivity contribution is 5.31. The highest BCUT2D eigenvalue weighted by Crippen LogP contribution is 2.25. The molecule has 1 aliphatic heterocycles. The molecule has 0 spiro atoms. The number of H-pyrrole nitrogens is 1. The molecule has 102 valence electrons. The summed E-state index contributed by atoms with van der Waals surface area (Å²) in [6.07, 6.45) is 1.05. The normalized spacial score (nSPS) is 25.5. The van der Waals surface area contributed by atoms with Gasteiger partial charge in [-0.2, -0.15) is 4.98 Å². The van der Waals surface area contributed by atoms with Crippen LogP contribution < -0.4 is 10.2 Å². The van der Waals surface area contributed by atoms with Crippen LogP contribution in [-0.2, 0) is 5.41 Å². The van der Waals surface area contributed by atoms with E-state index in [1.165, 1.54) is 0 Å². The zero-order valence-electron chi connectivity index (χ0n) is 12.1. The van der Waals surface area contributed by atoms with Crippen LogP contribution in [0.2, 0.25) is 0 Å². The van der Waals surface area contributed by atoms with Gasteiger partial charge < -0.3 is 10.2 Å². The average Bonchev–Trinajstić information content (AvgIpc) is 2.77. The fourth-order valence-electron chi connectivity index (χ4n) is 2.35. The molecule has 0 bridgehead atoms. The minimum atomic E-state index is 0.0660. The first-order valence-corrected chi connectivity index (χ1v) is 6.86. The lowest BCUT2D eigenvalue weighted by molar-refractivity contribution is 0.403. The maximum absolute atomic E-state index is 4.68. The number of hydrogen-bond donors (Lipinski definition) is 2. The van der Waals surface area contributed by atoms with E-state index in [1.807, 2.05) is 0 Å². The molecule has 1 aliphatic rings. The fourth-order valence-corrected chi connectivity index (χ4v) is 2.35. The fraction of sp³-hybridized carbons (Fsp3) is 0.846. The number of aromatic nitrogens is 3. The Bertz CT molecular complexity index is 388. The number of nitrogens with one attached hydrogen (secondary N) is 2. The Morgan fingerprint density at radius 2 is 1.89 bits per heavy atom. The van der Waals surface area contributed by atoms with Gasteiger partial charge in [0.05, 0.1) is 0 Å². The summed E-state index contributed by atoms with van der Waals surface area (Å²) in [5.41, 5.74) is 0.0660. The summed E-state index contributed by atoms with van der Waals surface area (Å²) in [5, 5.41) is 11.0. The van der Waals surface area contributed by atoms with Crippen molar-refractivity contribution in [3.8, 4) is 0 Å². The molecular weight excluding hydrogens is 226 g/mol. The highest BCUT2D eigenvalue weighted by Gasteiger charge is 2.27. The van der Waals surface area contributed by atoms with Crippen molar-refractivity contribution in [2.24, 2.45) is 0 Å². The summed E-state index contributed by atoms with van der Waals surface area (Å²) in [5.74, 6) is 1.82. The Balaban J connectivity index is 2.15. The molecule has 0 aromatic carbocycles. The van der Waals surface area contributed by atoms with Gasteiger partial charge in [0.15, 0.2) is 0 Å². The topological polar surface area (TPSA) is 56.8 Å². The number of piperazine rings is 1. The van der Waals surface area contributed by atoms with Crippen LogP contribution in [0.15, 0.2) is 0 Å². The number of hydrogen-bond acceptors (Lipinski definition) is 4. The van der Waals surface area contributed by atoms with Crippen LogP contribution >= 0.6 is 0 Å². The molecule has 1 fully saturated rings. The summed E-state index contributed by atoms with van der Waals surface area (Å²) in [6.45, 7) is 12.9. The Morgan fingerprint density at radius 1 is 1.28 bits per heavy atom. The van der Waals surface area contributed by atoms with Crippen LogP contribution in [0.4, 0.5) is 5.95 Å². The lowest BCUT2D eigenvalue weighted by Gasteiger charge is -2.35. The van der Waals surface area contributed by atoms with Crippen molar-refractivity contribution in [2.75, 3.05) is 18.0 Å². The third-order valence-electron chi connectivity index (χ3n) is 3.84. The summed E-state index contributed by atoms with van der Waals surface area (Å²) < 4.78 is 0. The molecule has 1 aromatic rings. The van der Waals surface area contributed by atoms with Crippen molar-refractivity contribution in [1.29, 1.82) is 0 Å². The number of aromatic amines is 1. The maximum Gasteiger partial charge on any atom is 0.244 e. The summed E-state index contributed by atoms with van der Waals surface area (Å²) in [4.78, 5) is 6.94. The molecule has 18 heavy (non-hydrogen) atoms. The quantitative estimate of drug-likeness (QED) is 0.858. The first kappa shape index (κ1) is 13.3. The van der Waals surface area contributed by atoms with Crippen molar-refractivity contribution in [1.82, 2.24) is 20.5 Å². The molecule has 1 aromatic heterocycles. The third kappa shape index (κ3) is 2.66. The minimum Gasteiger partial charge on any atom is -0.336 e. The van der Waals surface area contributed by atoms with Crippen LogP contribution in [0.1, 0.15) is 46.9 Å². The number of rotatable bonds is 3. The van der Waals surface area contributed by atoms with Crippen molar-refractivity contribution in [2.45, 2.75) is 58.5 Å². The van der Waals surface area contributed by atoms with E-state index in [2.05, 4.69) is 60.0 Å². The van der Waals surface area contributed by atoms with E-state index in [0.29, 0.717) is 12.1 Å². The SMILES string of the molecule is CCC(C)(C)c1nc(N2CC(C)NC(C)C2)n[nH]1. The summed E-state index contributed by atoms with van der Waals surface area (Å²) in [7, 11) is 0. The molecule has 2 rings (SSSR count). The largest absolute Gasteiger partial charge is 0.336 e. The first-order valence-electron chi connectivity index (χ1n) is 6.86. The molecule has 2 N–H and O–H groups in total. The van der Waals surface area contributed by atoms with Crippen molar-refractivity contribution in [3.05, 3.63) is 5.82 Å². The van der Waals surface area contributed by atoms with Crippen molar-refractivity contribution in [3.63, 3.8) is 0 Å². The molecule has 5 nitrogen and oxygen atoms in total. The van der Waals surface area contributed by atoms with Crippen LogP contribution in [-0.4, -0.2) is 40.4 Å². The Hall–Kier alpha value is -1.10. The highest BCUT2D eigenvalue weighted by atomic mass is 15.4. The zero-order valence-corrected chi connectivity index (χ0v) is 12.1. The van der Waals surface area contributed by atoms with E-state index in [0.717, 1.165) is 31.3 Å². The number of nitrogens with zero attached hydrogens (tertiary/aromatic N) is 3. The van der Waals surface area contributed by atoms with E-state index in [-0.39, 0.29) is 5.41 Å². The standard InChI is InChI=1S/C13H25N5/c1-6-13(4,5)11-15-12(17-16-11)18-7-9(2)14-10(3)8-18/h9-10,14H,6-8H2,1-5H3,(H,15,16,17). The van der Waals surface area contributed by atoms with Gasteiger partial charge in [0.2, 0.25) is 5.95 Å². The predicted molar refractivity (Wildman–Crippen MR) is 74.0 cm³/mol. The van der Waals surface area contributed by atoms with Gasteiger partial charge in [-0.05, 0) is 20.3 Å². The Morgan fingerprint density at radius 3 is 2.44 bits per heavy atom. The van der Waals surface area contributed by atoms with Crippen molar-refractivity contribution >= 4 is 5.95 Å². The van der Waals surface area contributed by atoms with E-state index >= 15 is 0 Å². The van der Waals surface area contributed by atoms with E-state index in [1.54, 1.807) is 0 Å². The molecule has 2 heterocycles. The van der Waals surface area contributed by atoms with Gasteiger partial charge >= 0.3 is 0 Å². The molecule has 2 atom stereocenters. The molecule has 1 saturated heterocycles. The zero-order chi connectivity index (χ0) is 13.3. The molecule has 0 radical (unpaired) electrons. The lowest BCUT2D eigenvalue weighted by atomic mass is 9.90. The Labute approximate surface area is 109 Å². The second-order valence-corrected chi connectivity index (χ2v) is 6.10. The lowest BCUT2D eigenvalue weighted by Crippen LogP contribution is -2.54. The van der Waals surface area contributed by atoms with Crippen LogP contribution in [0.25, 0.3) is 0 Å². The molecule has 0 saturated carbocycles. The predicted octanol–water partition coefficient (Wildman–Crippen LogP) is 1.68. The van der Waals surface area contributed by atoms with Gasteiger partial charge in [-0.3, -0.25) is 5.10 Å². The van der Waals surface area contributed by atoms with Gasteiger partial charge in [-0.15, -0.1) is 5.10 Å². The summed E-state index contributed by atoms with van der Waals surface area (Å²) >= 11 is 0. The van der Waals surface area contributed by atoms with E-state index < -0.39 is 0 Å². The van der Waals surface area contributed by atoms with Crippen LogP contribution in [0.3, 0.4) is 0 Å². The maximum atomic E-state index is 4.68. The average molecular weight is 251 g/mol. The van der Waals surface area contributed by atoms with Crippen LogP contribution in [0, 0.1) is 0 Å². The van der Waals surface area contributed by atoms with Gasteiger partial charge in [0.1, 0.15) is 5.82 Å². The van der Waals surface area contributed by atoms with Crippen molar-refractivity contribution < 1.29 is 0 Å². The minimum absolute atomic E-state index is 0.0660. The number of anilines is 1. The first-order chi connectivity index (χ1) is 8.42. The molecule has 2 unspecified atom stereocenters. The monoisotopic (exact) mass is 251 g/mol. The van der Waals surface area contributed by atoms with Gasteiger partial charge in [-0.1, -0.05) is 20.8 Å². The molecule has 5 heteroatoms. The van der Waals surface area contributed by atoms with E-state index in [4.69, 9.17) is 0 Å². The molecule has 0 aliphatic carbocycles. The second-order valence-electron chi connectivity index (χ2n) is 6.10. The van der Waals surface area contributed by atoms with Gasteiger partial charge in [0, 0.05) is 30.6 Å². The van der Waals surface area contributed by atoms with Crippen LogP contribution in [0.5, 0.6) is 0 Å². The summed E-state index contributed by atoms with van der Waals surface area (Å²) in [6, 6.07) is 0.963. The molecular formula is C13H25N5. The van der Waals surface area contributed by atoms with E-state index in [9.17, 15) is 0 Å². The van der Waals surface area contributed by atoms with Gasteiger partial charge in [0.25, 0.3) is 0 Å². The van der Waals surface area contributed by atoms with Gasteiger partial charge in [-0.25, -0.2) is 0 Å². The second kappa shape index (κ2) is 4.88. The third-order valence-corrected chi connectivity index (χ3v) is 3.84. The molecule has 0 amide bonds. The smallest absolute Gasteiger partial charge is 0.244 e.